The highest BCUT2D eigenvalue weighted by molar-refractivity contribution is 7.89. The van der Waals surface area contributed by atoms with Crippen LogP contribution in [-0.2, 0) is 10.0 Å². The molecule has 0 amide bonds. The summed E-state index contributed by atoms with van der Waals surface area (Å²) >= 11 is 12.6. The van der Waals surface area contributed by atoms with E-state index in [1.165, 1.54) is 6.07 Å². The lowest BCUT2D eigenvalue weighted by molar-refractivity contribution is 0.572. The molecule has 4 nitrogen and oxygen atoms in total. The second kappa shape index (κ2) is 6.43. The Hall–Kier alpha value is -0.630. The van der Waals surface area contributed by atoms with Crippen molar-refractivity contribution < 1.29 is 8.42 Å². The molecule has 0 aliphatic heterocycles. The number of hydrogen-bond donors (Lipinski definition) is 2. The Bertz CT molecular complexity index is 687. The van der Waals surface area contributed by atoms with Gasteiger partial charge in [0.25, 0.3) is 0 Å². The van der Waals surface area contributed by atoms with E-state index in [0.29, 0.717) is 4.34 Å². The van der Waals surface area contributed by atoms with Crippen LogP contribution in [-0.4, -0.2) is 15.0 Å². The SMILES string of the molecule is NC(CNS(=O)(=O)c1cc(Cl)sc1Cl)c1ccccc1. The van der Waals surface area contributed by atoms with Crippen LogP contribution in [0.4, 0.5) is 0 Å². The van der Waals surface area contributed by atoms with Crippen LogP contribution in [0, 0.1) is 0 Å². The zero-order valence-corrected chi connectivity index (χ0v) is 13.4. The van der Waals surface area contributed by atoms with Crippen LogP contribution in [0.1, 0.15) is 11.6 Å². The summed E-state index contributed by atoms with van der Waals surface area (Å²) in [6, 6.07) is 10.1. The van der Waals surface area contributed by atoms with E-state index in [0.717, 1.165) is 16.9 Å². The van der Waals surface area contributed by atoms with Gasteiger partial charge in [0.05, 0.1) is 4.34 Å². The number of nitrogens with one attached hydrogen (secondary N) is 1. The fraction of sp³-hybridized carbons (Fsp3) is 0.167. The third kappa shape index (κ3) is 3.72. The Morgan fingerprint density at radius 1 is 1.25 bits per heavy atom. The predicted octanol–water partition coefficient (Wildman–Crippen LogP) is 3.03. The van der Waals surface area contributed by atoms with E-state index in [1.807, 2.05) is 30.3 Å². The molecule has 0 aliphatic carbocycles. The predicted molar refractivity (Wildman–Crippen MR) is 82.9 cm³/mol. The third-order valence-corrected chi connectivity index (χ3v) is 5.81. The molecular weight excluding hydrogens is 339 g/mol. The molecule has 108 valence electrons. The lowest BCUT2D eigenvalue weighted by Gasteiger charge is -2.13. The zero-order valence-electron chi connectivity index (χ0n) is 10.2. The number of benzene rings is 1. The Morgan fingerprint density at radius 2 is 1.90 bits per heavy atom. The standard InChI is InChI=1S/C12H12Cl2N2O2S2/c13-11-6-10(12(14)19-11)20(17,18)16-7-9(15)8-4-2-1-3-5-8/h1-6,9,16H,7,15H2. The smallest absolute Gasteiger partial charge is 0.243 e. The summed E-state index contributed by atoms with van der Waals surface area (Å²) in [6.45, 7) is 0.0795. The first kappa shape index (κ1) is 15.8. The van der Waals surface area contributed by atoms with Gasteiger partial charge in [0.1, 0.15) is 9.23 Å². The maximum absolute atomic E-state index is 12.1. The Labute approximate surface area is 131 Å². The molecule has 0 fully saturated rings. The number of rotatable bonds is 5. The summed E-state index contributed by atoms with van der Waals surface area (Å²) in [5.41, 5.74) is 6.79. The van der Waals surface area contributed by atoms with E-state index in [9.17, 15) is 8.42 Å². The van der Waals surface area contributed by atoms with Gasteiger partial charge in [0.2, 0.25) is 10.0 Å². The molecule has 1 unspecified atom stereocenters. The lowest BCUT2D eigenvalue weighted by Crippen LogP contribution is -2.31. The third-order valence-electron chi connectivity index (χ3n) is 2.64. The maximum Gasteiger partial charge on any atom is 0.243 e. The van der Waals surface area contributed by atoms with Gasteiger partial charge < -0.3 is 5.73 Å². The van der Waals surface area contributed by atoms with Gasteiger partial charge in [0, 0.05) is 12.6 Å². The van der Waals surface area contributed by atoms with Crippen molar-refractivity contribution in [2.24, 2.45) is 5.73 Å². The number of nitrogens with two attached hydrogens (primary N) is 1. The monoisotopic (exact) mass is 350 g/mol. The van der Waals surface area contributed by atoms with Gasteiger partial charge in [-0.3, -0.25) is 0 Å². The summed E-state index contributed by atoms with van der Waals surface area (Å²) in [5.74, 6) is 0. The first-order valence-electron chi connectivity index (χ1n) is 5.65. The van der Waals surface area contributed by atoms with Crippen LogP contribution in [0.2, 0.25) is 8.67 Å². The zero-order chi connectivity index (χ0) is 14.8. The number of halogens is 2. The molecule has 1 atom stereocenters. The van der Waals surface area contributed by atoms with Crippen molar-refractivity contribution >= 4 is 44.6 Å². The van der Waals surface area contributed by atoms with Crippen LogP contribution >= 0.6 is 34.5 Å². The molecule has 20 heavy (non-hydrogen) atoms. The van der Waals surface area contributed by atoms with Crippen LogP contribution in [0.15, 0.2) is 41.3 Å². The highest BCUT2D eigenvalue weighted by Gasteiger charge is 2.21. The molecule has 1 heterocycles. The minimum atomic E-state index is -3.71. The average Bonchev–Trinajstić information content (AvgIpc) is 2.77. The van der Waals surface area contributed by atoms with Crippen molar-refractivity contribution in [3.63, 3.8) is 0 Å². The molecule has 1 aromatic heterocycles. The Morgan fingerprint density at radius 3 is 2.45 bits per heavy atom. The highest BCUT2D eigenvalue weighted by atomic mass is 35.5. The summed E-state index contributed by atoms with van der Waals surface area (Å²) < 4.78 is 27.1. The van der Waals surface area contributed by atoms with E-state index in [1.54, 1.807) is 0 Å². The van der Waals surface area contributed by atoms with Gasteiger partial charge in [-0.05, 0) is 11.6 Å². The van der Waals surface area contributed by atoms with Gasteiger partial charge in [-0.15, -0.1) is 11.3 Å². The molecule has 0 saturated heterocycles. The molecule has 0 bridgehead atoms. The van der Waals surface area contributed by atoms with Crippen molar-refractivity contribution in [3.05, 3.63) is 50.6 Å². The average molecular weight is 351 g/mol. The van der Waals surface area contributed by atoms with Crippen molar-refractivity contribution in [1.29, 1.82) is 0 Å². The number of thiophene rings is 1. The number of hydrogen-bond acceptors (Lipinski definition) is 4. The van der Waals surface area contributed by atoms with Gasteiger partial charge in [-0.1, -0.05) is 53.5 Å². The fourth-order valence-corrected chi connectivity index (χ4v) is 4.81. The first-order chi connectivity index (χ1) is 9.40. The summed E-state index contributed by atoms with van der Waals surface area (Å²) in [5, 5.41) is 0. The molecule has 1 aromatic carbocycles. The molecule has 2 rings (SSSR count). The van der Waals surface area contributed by atoms with Gasteiger partial charge in [-0.2, -0.15) is 0 Å². The fourth-order valence-electron chi connectivity index (χ4n) is 1.60. The van der Waals surface area contributed by atoms with Crippen LogP contribution in [0.3, 0.4) is 0 Å². The van der Waals surface area contributed by atoms with E-state index < -0.39 is 16.1 Å². The van der Waals surface area contributed by atoms with Crippen molar-refractivity contribution in [2.45, 2.75) is 10.9 Å². The summed E-state index contributed by atoms with van der Waals surface area (Å²) in [4.78, 5) is -0.0190. The highest BCUT2D eigenvalue weighted by Crippen LogP contribution is 2.34. The molecule has 0 saturated carbocycles. The lowest BCUT2D eigenvalue weighted by atomic mass is 10.1. The minimum absolute atomic E-state index is 0.0190. The molecule has 8 heteroatoms. The normalized spacial score (nSPS) is 13.3. The molecule has 0 spiro atoms. The van der Waals surface area contributed by atoms with Gasteiger partial charge in [0.15, 0.2) is 0 Å². The van der Waals surface area contributed by atoms with E-state index >= 15 is 0 Å². The van der Waals surface area contributed by atoms with E-state index in [-0.39, 0.29) is 15.8 Å². The Kier molecular flexibility index (Phi) is 5.06. The van der Waals surface area contributed by atoms with Gasteiger partial charge in [-0.25, -0.2) is 13.1 Å². The van der Waals surface area contributed by atoms with E-state index in [2.05, 4.69) is 4.72 Å². The first-order valence-corrected chi connectivity index (χ1v) is 8.71. The quantitative estimate of drug-likeness (QED) is 0.870. The molecule has 2 aromatic rings. The summed E-state index contributed by atoms with van der Waals surface area (Å²) in [6.07, 6.45) is 0. The van der Waals surface area contributed by atoms with Crippen LogP contribution in [0.25, 0.3) is 0 Å². The largest absolute Gasteiger partial charge is 0.323 e. The van der Waals surface area contributed by atoms with Crippen LogP contribution in [0.5, 0.6) is 0 Å². The second-order valence-electron chi connectivity index (χ2n) is 4.06. The maximum atomic E-state index is 12.1. The molecule has 0 radical (unpaired) electrons. The number of sulfonamides is 1. The molecular formula is C12H12Cl2N2O2S2. The van der Waals surface area contributed by atoms with Crippen molar-refractivity contribution in [1.82, 2.24) is 4.72 Å². The van der Waals surface area contributed by atoms with E-state index in [4.69, 9.17) is 28.9 Å². The van der Waals surface area contributed by atoms with Crippen molar-refractivity contribution in [3.8, 4) is 0 Å². The Balaban J connectivity index is 2.08. The summed E-state index contributed by atoms with van der Waals surface area (Å²) in [7, 11) is -3.71. The van der Waals surface area contributed by atoms with Crippen LogP contribution < -0.4 is 10.5 Å². The second-order valence-corrected chi connectivity index (χ2v) is 8.08. The van der Waals surface area contributed by atoms with Crippen molar-refractivity contribution in [2.75, 3.05) is 6.54 Å². The topological polar surface area (TPSA) is 72.2 Å². The molecule has 0 aliphatic rings. The van der Waals surface area contributed by atoms with Gasteiger partial charge >= 0.3 is 0 Å². The molecule has 3 N–H and O–H groups in total. The minimum Gasteiger partial charge on any atom is -0.323 e.